The van der Waals surface area contributed by atoms with Crippen LogP contribution in [-0.4, -0.2) is 32.0 Å². The second-order valence-corrected chi connectivity index (χ2v) is 5.92. The average Bonchev–Trinajstić information content (AvgIpc) is 2.52. The Bertz CT molecular complexity index is 786. The van der Waals surface area contributed by atoms with Crippen molar-refractivity contribution < 1.29 is 23.3 Å². The highest BCUT2D eigenvalue weighted by molar-refractivity contribution is 6.33. The van der Waals surface area contributed by atoms with E-state index in [-0.39, 0.29) is 24.7 Å². The fourth-order valence-corrected chi connectivity index (χ4v) is 2.34. The summed E-state index contributed by atoms with van der Waals surface area (Å²) >= 11 is 5.96. The zero-order valence-electron chi connectivity index (χ0n) is 13.4. The van der Waals surface area contributed by atoms with E-state index in [0.717, 1.165) is 12.1 Å². The van der Waals surface area contributed by atoms with Crippen molar-refractivity contribution in [1.82, 2.24) is 0 Å². The summed E-state index contributed by atoms with van der Waals surface area (Å²) in [5.74, 6) is -2.39. The van der Waals surface area contributed by atoms with E-state index in [0.29, 0.717) is 21.7 Å². The Labute approximate surface area is 148 Å². The van der Waals surface area contributed by atoms with Crippen molar-refractivity contribution in [3.63, 3.8) is 0 Å². The number of halogens is 3. The molecule has 0 saturated carbocycles. The van der Waals surface area contributed by atoms with Crippen LogP contribution in [0.2, 0.25) is 5.02 Å². The molecule has 0 heterocycles. The van der Waals surface area contributed by atoms with Gasteiger partial charge in [0.05, 0.1) is 23.4 Å². The highest BCUT2D eigenvalue weighted by Crippen LogP contribution is 2.19. The molecule has 1 atom stereocenters. The molecule has 2 amide bonds. The van der Waals surface area contributed by atoms with Crippen LogP contribution >= 0.6 is 11.6 Å². The van der Waals surface area contributed by atoms with Crippen LogP contribution in [0.4, 0.5) is 20.2 Å². The summed E-state index contributed by atoms with van der Waals surface area (Å²) < 4.78 is 26.3. The minimum atomic E-state index is -0.859. The van der Waals surface area contributed by atoms with Crippen LogP contribution in [0.3, 0.4) is 0 Å². The SMILES string of the molecule is C[NH+](CC(=O)Nc1ccc(F)cc1F)CC(=O)Nc1ccccc1Cl. The van der Waals surface area contributed by atoms with Crippen molar-refractivity contribution >= 4 is 34.8 Å². The van der Waals surface area contributed by atoms with E-state index in [4.69, 9.17) is 11.6 Å². The molecular weight excluding hydrogens is 352 g/mol. The monoisotopic (exact) mass is 368 g/mol. The van der Waals surface area contributed by atoms with Crippen molar-refractivity contribution in [2.24, 2.45) is 0 Å². The van der Waals surface area contributed by atoms with Crippen LogP contribution in [-0.2, 0) is 9.59 Å². The second-order valence-electron chi connectivity index (χ2n) is 5.51. The first-order valence-corrected chi connectivity index (χ1v) is 7.83. The maximum absolute atomic E-state index is 13.5. The van der Waals surface area contributed by atoms with E-state index in [1.54, 1.807) is 31.3 Å². The van der Waals surface area contributed by atoms with Crippen molar-refractivity contribution in [2.45, 2.75) is 0 Å². The van der Waals surface area contributed by atoms with Crippen LogP contribution in [0.1, 0.15) is 0 Å². The molecule has 0 bridgehead atoms. The summed E-state index contributed by atoms with van der Waals surface area (Å²) in [7, 11) is 1.65. The first-order chi connectivity index (χ1) is 11.8. The zero-order valence-corrected chi connectivity index (χ0v) is 14.2. The first-order valence-electron chi connectivity index (χ1n) is 7.45. The Morgan fingerprint density at radius 1 is 1.00 bits per heavy atom. The van der Waals surface area contributed by atoms with Gasteiger partial charge in [-0.15, -0.1) is 0 Å². The summed E-state index contributed by atoms with van der Waals surface area (Å²) in [5, 5.41) is 5.42. The number of anilines is 2. The van der Waals surface area contributed by atoms with Gasteiger partial charge in [-0.25, -0.2) is 8.78 Å². The Hall–Kier alpha value is -2.51. The highest BCUT2D eigenvalue weighted by atomic mass is 35.5. The van der Waals surface area contributed by atoms with E-state index in [9.17, 15) is 18.4 Å². The third-order valence-corrected chi connectivity index (χ3v) is 3.61. The summed E-state index contributed by atoms with van der Waals surface area (Å²) in [6, 6.07) is 9.67. The van der Waals surface area contributed by atoms with Gasteiger partial charge in [-0.05, 0) is 24.3 Å². The van der Waals surface area contributed by atoms with Gasteiger partial charge in [-0.1, -0.05) is 23.7 Å². The van der Waals surface area contributed by atoms with Gasteiger partial charge in [0, 0.05) is 6.07 Å². The number of rotatable bonds is 6. The highest BCUT2D eigenvalue weighted by Gasteiger charge is 2.16. The molecule has 2 aromatic rings. The number of carbonyl (C=O) groups is 2. The lowest BCUT2D eigenvalue weighted by Gasteiger charge is -2.14. The maximum Gasteiger partial charge on any atom is 0.279 e. The number of amides is 2. The molecule has 0 spiro atoms. The molecule has 25 heavy (non-hydrogen) atoms. The van der Waals surface area contributed by atoms with Gasteiger partial charge in [-0.3, -0.25) is 9.59 Å². The fraction of sp³-hybridized carbons (Fsp3) is 0.176. The topological polar surface area (TPSA) is 62.6 Å². The number of hydrogen-bond donors (Lipinski definition) is 3. The summed E-state index contributed by atoms with van der Waals surface area (Å²) in [6.07, 6.45) is 0. The molecule has 1 unspecified atom stereocenters. The maximum atomic E-state index is 13.5. The molecule has 0 aliphatic rings. The molecule has 0 fully saturated rings. The summed E-state index contributed by atoms with van der Waals surface area (Å²) in [4.78, 5) is 24.5. The molecule has 2 aromatic carbocycles. The molecule has 5 nitrogen and oxygen atoms in total. The van der Waals surface area contributed by atoms with Gasteiger partial charge in [0.15, 0.2) is 13.1 Å². The Balaban J connectivity index is 1.84. The van der Waals surface area contributed by atoms with Gasteiger partial charge in [0.2, 0.25) is 0 Å². The van der Waals surface area contributed by atoms with Crippen LogP contribution in [0.15, 0.2) is 42.5 Å². The number of hydrogen-bond acceptors (Lipinski definition) is 2. The Morgan fingerprint density at radius 3 is 2.20 bits per heavy atom. The Morgan fingerprint density at radius 2 is 1.60 bits per heavy atom. The summed E-state index contributed by atoms with van der Waals surface area (Å²) in [6.45, 7) is -0.0443. The van der Waals surface area contributed by atoms with Crippen molar-refractivity contribution in [3.05, 3.63) is 59.1 Å². The summed E-state index contributed by atoms with van der Waals surface area (Å²) in [5.41, 5.74) is 0.375. The van der Waals surface area contributed by atoms with Crippen molar-refractivity contribution in [1.29, 1.82) is 0 Å². The number of carbonyl (C=O) groups excluding carboxylic acids is 2. The third kappa shape index (κ3) is 5.81. The minimum absolute atomic E-state index is 0.0184. The third-order valence-electron chi connectivity index (χ3n) is 3.28. The van der Waals surface area contributed by atoms with Gasteiger partial charge < -0.3 is 15.5 Å². The van der Waals surface area contributed by atoms with Crippen LogP contribution in [0.25, 0.3) is 0 Å². The van der Waals surface area contributed by atoms with Gasteiger partial charge in [0.25, 0.3) is 11.8 Å². The van der Waals surface area contributed by atoms with Crippen molar-refractivity contribution in [2.75, 3.05) is 30.8 Å². The van der Waals surface area contributed by atoms with E-state index in [1.165, 1.54) is 0 Å². The molecule has 0 aromatic heterocycles. The lowest BCUT2D eigenvalue weighted by Crippen LogP contribution is -3.11. The van der Waals surface area contributed by atoms with E-state index in [1.807, 2.05) is 0 Å². The number of nitrogens with one attached hydrogen (secondary N) is 3. The van der Waals surface area contributed by atoms with E-state index in [2.05, 4.69) is 10.6 Å². The molecule has 0 radical (unpaired) electrons. The second kappa shape index (κ2) is 8.55. The van der Waals surface area contributed by atoms with Crippen LogP contribution < -0.4 is 15.5 Å². The lowest BCUT2D eigenvalue weighted by molar-refractivity contribution is -0.862. The zero-order chi connectivity index (χ0) is 18.4. The van der Waals surface area contributed by atoms with Crippen LogP contribution in [0, 0.1) is 11.6 Å². The van der Waals surface area contributed by atoms with Crippen molar-refractivity contribution in [3.8, 4) is 0 Å². The quantitative estimate of drug-likeness (QED) is 0.727. The standard InChI is InChI=1S/C17H16ClF2N3O2/c1-23(9-16(24)21-14-5-3-2-4-12(14)18)10-17(25)22-15-7-6-11(19)8-13(15)20/h2-8H,9-10H2,1H3,(H,21,24)(H,22,25)/p+1. The van der Waals surface area contributed by atoms with E-state index >= 15 is 0 Å². The van der Waals surface area contributed by atoms with Gasteiger partial charge >= 0.3 is 0 Å². The molecule has 0 aliphatic heterocycles. The van der Waals surface area contributed by atoms with Crippen LogP contribution in [0.5, 0.6) is 0 Å². The molecule has 3 N–H and O–H groups in total. The Kier molecular flexibility index (Phi) is 6.44. The molecule has 0 aliphatic carbocycles. The first kappa shape index (κ1) is 18.8. The fourth-order valence-electron chi connectivity index (χ4n) is 2.15. The molecular formula is C17H17ClF2N3O2+. The normalized spacial score (nSPS) is 11.7. The molecule has 8 heteroatoms. The number of likely N-dealkylation sites (N-methyl/N-ethyl adjacent to an activating group) is 1. The van der Waals surface area contributed by atoms with Gasteiger partial charge in [-0.2, -0.15) is 0 Å². The van der Waals surface area contributed by atoms with Gasteiger partial charge in [0.1, 0.15) is 11.6 Å². The molecule has 0 saturated heterocycles. The minimum Gasteiger partial charge on any atom is -0.322 e. The molecule has 2 rings (SSSR count). The lowest BCUT2D eigenvalue weighted by atomic mass is 10.3. The smallest absolute Gasteiger partial charge is 0.279 e. The predicted octanol–water partition coefficient (Wildman–Crippen LogP) is 1.71. The number of quaternary nitrogens is 1. The predicted molar refractivity (Wildman–Crippen MR) is 91.7 cm³/mol. The molecule has 132 valence electrons. The largest absolute Gasteiger partial charge is 0.322 e. The number of para-hydroxylation sites is 1. The van der Waals surface area contributed by atoms with E-state index < -0.39 is 17.5 Å². The number of benzene rings is 2. The average molecular weight is 369 g/mol.